The third-order valence-corrected chi connectivity index (χ3v) is 3.53. The molecule has 0 spiro atoms. The summed E-state index contributed by atoms with van der Waals surface area (Å²) in [5.41, 5.74) is 0. The molecule has 0 rings (SSSR count). The molecule has 0 saturated heterocycles. The molecule has 0 aliphatic heterocycles. The van der Waals surface area contributed by atoms with E-state index in [4.69, 9.17) is 0 Å². The van der Waals surface area contributed by atoms with Crippen LogP contribution in [0, 0.1) is 0 Å². The summed E-state index contributed by atoms with van der Waals surface area (Å²) in [5.74, 6) is 0. The van der Waals surface area contributed by atoms with Gasteiger partial charge in [0.2, 0.25) is 0 Å². The van der Waals surface area contributed by atoms with Gasteiger partial charge in [0.05, 0.1) is 0 Å². The maximum absolute atomic E-state index is 2.46. The van der Waals surface area contributed by atoms with Crippen LogP contribution in [0.25, 0.3) is 0 Å². The first-order valence-corrected chi connectivity index (χ1v) is 7.97. The lowest BCUT2D eigenvalue weighted by Crippen LogP contribution is -2.17. The quantitative estimate of drug-likeness (QED) is 0.317. The van der Waals surface area contributed by atoms with Crippen LogP contribution < -0.4 is 0 Å². The average Bonchev–Trinajstić information content (AvgIpc) is 2.30. The molecule has 0 bridgehead atoms. The predicted octanol–water partition coefficient (Wildman–Crippen LogP) is 3.65. The molecular weight excluding hydrogens is 228 g/mol. The summed E-state index contributed by atoms with van der Waals surface area (Å²) in [7, 11) is 4.27. The number of rotatable bonds is 11. The van der Waals surface area contributed by atoms with Gasteiger partial charge in [-0.3, -0.25) is 4.31 Å². The van der Waals surface area contributed by atoms with Gasteiger partial charge in [0.25, 0.3) is 0 Å². The SMILES string of the molecule is CCCN(CCCC=CCCCN(C)C)SC. The number of hydrogen-bond donors (Lipinski definition) is 0. The molecule has 0 atom stereocenters. The van der Waals surface area contributed by atoms with Crippen LogP contribution in [0.1, 0.15) is 39.0 Å². The van der Waals surface area contributed by atoms with Gasteiger partial charge in [0.1, 0.15) is 0 Å². The highest BCUT2D eigenvalue weighted by atomic mass is 32.2. The number of nitrogens with zero attached hydrogens (tertiary/aromatic N) is 2. The second kappa shape index (κ2) is 12.5. The van der Waals surface area contributed by atoms with Crippen LogP contribution in [0.5, 0.6) is 0 Å². The average molecular weight is 258 g/mol. The third-order valence-electron chi connectivity index (χ3n) is 2.65. The van der Waals surface area contributed by atoms with Crippen molar-refractivity contribution < 1.29 is 0 Å². The van der Waals surface area contributed by atoms with Crippen LogP contribution in [0.3, 0.4) is 0 Å². The minimum atomic E-state index is 1.20. The van der Waals surface area contributed by atoms with Crippen molar-refractivity contribution in [3.63, 3.8) is 0 Å². The highest BCUT2D eigenvalue weighted by Crippen LogP contribution is 2.08. The topological polar surface area (TPSA) is 6.48 Å². The molecule has 0 aliphatic rings. The van der Waals surface area contributed by atoms with Gasteiger partial charge in [-0.2, -0.15) is 0 Å². The normalized spacial score (nSPS) is 12.1. The lowest BCUT2D eigenvalue weighted by Gasteiger charge is -2.17. The van der Waals surface area contributed by atoms with Crippen molar-refractivity contribution in [1.29, 1.82) is 0 Å². The maximum atomic E-state index is 2.46. The largest absolute Gasteiger partial charge is 0.309 e. The molecule has 0 N–H and O–H groups in total. The number of allylic oxidation sites excluding steroid dienone is 2. The van der Waals surface area contributed by atoms with Gasteiger partial charge in [-0.15, -0.1) is 0 Å². The number of unbranched alkanes of at least 4 members (excludes halogenated alkanes) is 2. The Morgan fingerprint density at radius 1 is 0.941 bits per heavy atom. The Morgan fingerprint density at radius 3 is 2.00 bits per heavy atom. The molecular formula is C14H30N2S. The molecule has 102 valence electrons. The fraction of sp³-hybridized carbons (Fsp3) is 0.857. The summed E-state index contributed by atoms with van der Waals surface area (Å²) >= 11 is 1.87. The Balaban J connectivity index is 3.34. The lowest BCUT2D eigenvalue weighted by molar-refractivity contribution is 0.401. The van der Waals surface area contributed by atoms with E-state index in [1.165, 1.54) is 51.7 Å². The molecule has 0 heterocycles. The number of hydrogen-bond acceptors (Lipinski definition) is 3. The molecule has 0 aromatic carbocycles. The molecule has 0 fully saturated rings. The molecule has 3 heteroatoms. The van der Waals surface area contributed by atoms with E-state index in [2.05, 4.69) is 48.6 Å². The van der Waals surface area contributed by atoms with Crippen LogP contribution in [0.15, 0.2) is 12.2 Å². The second-order valence-corrected chi connectivity index (χ2v) is 5.55. The predicted molar refractivity (Wildman–Crippen MR) is 81.5 cm³/mol. The van der Waals surface area contributed by atoms with Crippen molar-refractivity contribution in [1.82, 2.24) is 9.21 Å². The molecule has 0 aromatic heterocycles. The molecule has 0 unspecified atom stereocenters. The van der Waals surface area contributed by atoms with Gasteiger partial charge >= 0.3 is 0 Å². The van der Waals surface area contributed by atoms with Gasteiger partial charge in [-0.25, -0.2) is 0 Å². The van der Waals surface area contributed by atoms with Gasteiger partial charge in [0.15, 0.2) is 0 Å². The molecule has 2 nitrogen and oxygen atoms in total. The van der Waals surface area contributed by atoms with E-state index in [1.807, 2.05) is 11.9 Å². The Hall–Kier alpha value is 0.01000. The van der Waals surface area contributed by atoms with E-state index in [1.54, 1.807) is 0 Å². The van der Waals surface area contributed by atoms with Gasteiger partial charge in [-0.05, 0) is 59.0 Å². The van der Waals surface area contributed by atoms with Gasteiger partial charge in [-0.1, -0.05) is 31.0 Å². The van der Waals surface area contributed by atoms with E-state index in [9.17, 15) is 0 Å². The van der Waals surface area contributed by atoms with Crippen molar-refractivity contribution in [2.45, 2.75) is 39.0 Å². The van der Waals surface area contributed by atoms with E-state index in [-0.39, 0.29) is 0 Å². The van der Waals surface area contributed by atoms with Crippen LogP contribution in [-0.4, -0.2) is 49.2 Å². The minimum absolute atomic E-state index is 1.20. The van der Waals surface area contributed by atoms with E-state index < -0.39 is 0 Å². The summed E-state index contributed by atoms with van der Waals surface area (Å²) in [6.45, 7) is 5.87. The Labute approximate surface area is 113 Å². The molecule has 0 saturated carbocycles. The first-order valence-electron chi connectivity index (χ1n) is 6.79. The van der Waals surface area contributed by atoms with Crippen LogP contribution in [0.4, 0.5) is 0 Å². The van der Waals surface area contributed by atoms with Crippen molar-refractivity contribution in [2.75, 3.05) is 40.0 Å². The maximum Gasteiger partial charge on any atom is 0.00921 e. The van der Waals surface area contributed by atoms with Crippen molar-refractivity contribution in [2.24, 2.45) is 0 Å². The second-order valence-electron chi connectivity index (χ2n) is 4.67. The van der Waals surface area contributed by atoms with Gasteiger partial charge < -0.3 is 4.90 Å². The van der Waals surface area contributed by atoms with Gasteiger partial charge in [0, 0.05) is 13.1 Å². The minimum Gasteiger partial charge on any atom is -0.309 e. The Morgan fingerprint density at radius 2 is 1.53 bits per heavy atom. The first kappa shape index (κ1) is 17.0. The summed E-state index contributed by atoms with van der Waals surface area (Å²) in [4.78, 5) is 2.24. The molecule has 0 aliphatic carbocycles. The van der Waals surface area contributed by atoms with E-state index >= 15 is 0 Å². The summed E-state index contributed by atoms with van der Waals surface area (Å²) in [5, 5.41) is 0. The van der Waals surface area contributed by atoms with Crippen LogP contribution >= 0.6 is 11.9 Å². The molecule has 17 heavy (non-hydrogen) atoms. The Kier molecular flexibility index (Phi) is 12.5. The molecule has 0 aromatic rings. The molecule has 0 radical (unpaired) electrons. The summed E-state index contributed by atoms with van der Waals surface area (Å²) in [6.07, 6.45) is 13.1. The highest BCUT2D eigenvalue weighted by molar-refractivity contribution is 7.96. The van der Waals surface area contributed by atoms with Crippen LogP contribution in [-0.2, 0) is 0 Å². The van der Waals surface area contributed by atoms with Crippen molar-refractivity contribution in [3.8, 4) is 0 Å². The standard InChI is InChI=1S/C14H30N2S/c1-5-12-16(17-4)14-11-9-7-6-8-10-13-15(2)3/h6-7H,5,8-14H2,1-4H3. The van der Waals surface area contributed by atoms with E-state index in [0.717, 1.165) is 0 Å². The van der Waals surface area contributed by atoms with Crippen molar-refractivity contribution in [3.05, 3.63) is 12.2 Å². The van der Waals surface area contributed by atoms with Crippen LogP contribution in [0.2, 0.25) is 0 Å². The molecule has 0 amide bonds. The fourth-order valence-corrected chi connectivity index (χ4v) is 2.37. The lowest BCUT2D eigenvalue weighted by atomic mass is 10.2. The fourth-order valence-electron chi connectivity index (χ4n) is 1.69. The zero-order chi connectivity index (χ0) is 12.9. The monoisotopic (exact) mass is 258 g/mol. The van der Waals surface area contributed by atoms with E-state index in [0.29, 0.717) is 0 Å². The zero-order valence-electron chi connectivity index (χ0n) is 12.1. The smallest absolute Gasteiger partial charge is 0.00921 e. The Bertz CT molecular complexity index is 181. The highest BCUT2D eigenvalue weighted by Gasteiger charge is 1.99. The third kappa shape index (κ3) is 12.3. The zero-order valence-corrected chi connectivity index (χ0v) is 12.9. The van der Waals surface area contributed by atoms with Crippen molar-refractivity contribution >= 4 is 11.9 Å². The summed E-state index contributed by atoms with van der Waals surface area (Å²) < 4.78 is 2.46. The summed E-state index contributed by atoms with van der Waals surface area (Å²) in [6, 6.07) is 0. The first-order chi connectivity index (χ1) is 8.20.